The van der Waals surface area contributed by atoms with E-state index in [0.29, 0.717) is 5.39 Å². The number of sulfonamides is 1. The number of halogens is 4. The molecule has 3 N–H and O–H groups in total. The van der Waals surface area contributed by atoms with Gasteiger partial charge in [0.05, 0.1) is 21.7 Å². The monoisotopic (exact) mass is 534 g/mol. The van der Waals surface area contributed by atoms with Gasteiger partial charge in [0.15, 0.2) is 11.6 Å². The van der Waals surface area contributed by atoms with Crippen molar-refractivity contribution in [1.82, 2.24) is 10.5 Å². The first-order valence-corrected chi connectivity index (χ1v) is 12.0. The van der Waals surface area contributed by atoms with Crippen LogP contribution in [-0.4, -0.2) is 50.1 Å². The largest absolute Gasteiger partial charge is 0.522 e. The zero-order valence-electron chi connectivity index (χ0n) is 17.7. The van der Waals surface area contributed by atoms with Crippen LogP contribution in [0.3, 0.4) is 0 Å². The van der Waals surface area contributed by atoms with E-state index in [1.807, 2.05) is 0 Å². The Labute approximate surface area is 201 Å². The van der Waals surface area contributed by atoms with Crippen LogP contribution in [0.25, 0.3) is 11.0 Å². The maximum absolute atomic E-state index is 13.1. The number of ether oxygens (including phenoxy) is 1. The van der Waals surface area contributed by atoms with Crippen LogP contribution in [0.4, 0.5) is 24.7 Å². The predicted octanol–water partition coefficient (Wildman–Crippen LogP) is 3.91. The van der Waals surface area contributed by atoms with E-state index in [1.54, 1.807) is 4.90 Å². The molecule has 15 heteroatoms. The second-order valence-corrected chi connectivity index (χ2v) is 9.75. The maximum Gasteiger partial charge on any atom is 0.522 e. The Morgan fingerprint density at radius 1 is 1.23 bits per heavy atom. The van der Waals surface area contributed by atoms with Gasteiger partial charge in [0.1, 0.15) is 5.58 Å². The van der Waals surface area contributed by atoms with Crippen LogP contribution >= 0.6 is 11.6 Å². The fourth-order valence-corrected chi connectivity index (χ4v) is 4.91. The van der Waals surface area contributed by atoms with Gasteiger partial charge in [0.25, 0.3) is 10.0 Å². The third kappa shape index (κ3) is 5.78. The van der Waals surface area contributed by atoms with Crippen molar-refractivity contribution in [1.29, 1.82) is 0 Å². The van der Waals surface area contributed by atoms with Gasteiger partial charge in [-0.05, 0) is 37.1 Å². The number of hydrogen-bond acceptors (Lipinski definition) is 8. The van der Waals surface area contributed by atoms with Gasteiger partial charge in [0.2, 0.25) is 0 Å². The summed E-state index contributed by atoms with van der Waals surface area (Å²) in [6.45, 7) is 0.302. The quantitative estimate of drug-likeness (QED) is 0.320. The molecular formula is C20H18ClF3N4O6S. The third-order valence-corrected chi connectivity index (χ3v) is 6.82. The van der Waals surface area contributed by atoms with Crippen molar-refractivity contribution in [3.8, 4) is 0 Å². The summed E-state index contributed by atoms with van der Waals surface area (Å²) >= 11 is 6.02. The second kappa shape index (κ2) is 9.53. The molecule has 0 radical (unpaired) electrons. The Morgan fingerprint density at radius 2 is 1.94 bits per heavy atom. The van der Waals surface area contributed by atoms with Crippen molar-refractivity contribution in [3.63, 3.8) is 0 Å². The number of amides is 1. The van der Waals surface area contributed by atoms with Gasteiger partial charge in [-0.2, -0.15) is 0 Å². The van der Waals surface area contributed by atoms with Crippen LogP contribution in [0.1, 0.15) is 23.4 Å². The van der Waals surface area contributed by atoms with Crippen LogP contribution in [0.15, 0.2) is 45.8 Å². The molecule has 188 valence electrons. The van der Waals surface area contributed by atoms with Crippen LogP contribution in [0.5, 0.6) is 0 Å². The minimum absolute atomic E-state index is 0.0348. The van der Waals surface area contributed by atoms with Gasteiger partial charge in [0, 0.05) is 30.7 Å². The van der Waals surface area contributed by atoms with E-state index in [-0.39, 0.29) is 58.7 Å². The van der Waals surface area contributed by atoms with Crippen LogP contribution in [0.2, 0.25) is 5.02 Å². The Balaban J connectivity index is 1.57. The first kappa shape index (κ1) is 25.0. The van der Waals surface area contributed by atoms with Crippen molar-refractivity contribution in [2.45, 2.75) is 30.2 Å². The molecule has 1 aromatic carbocycles. The highest BCUT2D eigenvalue weighted by molar-refractivity contribution is 7.92. The topological polar surface area (TPSA) is 134 Å². The van der Waals surface area contributed by atoms with Crippen molar-refractivity contribution in [3.05, 3.63) is 47.3 Å². The van der Waals surface area contributed by atoms with E-state index in [4.69, 9.17) is 21.2 Å². The number of nitrogens with zero attached hydrogens (tertiary/aromatic N) is 2. The fourth-order valence-electron chi connectivity index (χ4n) is 3.68. The average molecular weight is 535 g/mol. The molecule has 0 bridgehead atoms. The zero-order chi connectivity index (χ0) is 25.4. The lowest BCUT2D eigenvalue weighted by Gasteiger charge is -2.33. The van der Waals surface area contributed by atoms with Gasteiger partial charge in [-0.3, -0.25) is 19.5 Å². The number of anilines is 2. The lowest BCUT2D eigenvalue weighted by Crippen LogP contribution is -2.39. The predicted molar refractivity (Wildman–Crippen MR) is 118 cm³/mol. The third-order valence-electron chi connectivity index (χ3n) is 5.25. The number of carbonyl (C=O) groups excluding carboxylic acids is 1. The molecule has 0 spiro atoms. The number of hydroxylamine groups is 1. The fraction of sp³-hybridized carbons (Fsp3) is 0.300. The van der Waals surface area contributed by atoms with Crippen molar-refractivity contribution in [2.24, 2.45) is 0 Å². The normalized spacial score (nSPS) is 15.4. The summed E-state index contributed by atoms with van der Waals surface area (Å²) in [7, 11) is -4.19. The van der Waals surface area contributed by atoms with Crippen molar-refractivity contribution >= 4 is 50.0 Å². The van der Waals surface area contributed by atoms with E-state index in [2.05, 4.69) is 14.4 Å². The summed E-state index contributed by atoms with van der Waals surface area (Å²) < 4.78 is 75.4. The van der Waals surface area contributed by atoms with Gasteiger partial charge in [-0.25, -0.2) is 18.9 Å². The molecule has 1 amide bonds. The number of piperidine rings is 1. The molecule has 3 heterocycles. The van der Waals surface area contributed by atoms with Crippen LogP contribution < -0.4 is 15.1 Å². The molecule has 4 rings (SSSR count). The summed E-state index contributed by atoms with van der Waals surface area (Å²) in [5, 5.41) is 9.31. The minimum atomic E-state index is -4.73. The molecule has 1 fully saturated rings. The number of rotatable bonds is 6. The van der Waals surface area contributed by atoms with Gasteiger partial charge in [-0.1, -0.05) is 11.6 Å². The number of pyridine rings is 1. The highest BCUT2D eigenvalue weighted by Gasteiger charge is 2.35. The number of carbonyl (C=O) groups is 1. The van der Waals surface area contributed by atoms with Gasteiger partial charge >= 0.3 is 12.3 Å². The number of nitrogens with one attached hydrogen (secondary N) is 2. The van der Waals surface area contributed by atoms with E-state index >= 15 is 0 Å². The van der Waals surface area contributed by atoms with Crippen molar-refractivity contribution < 1.29 is 40.7 Å². The number of benzene rings is 1. The van der Waals surface area contributed by atoms with Crippen molar-refractivity contribution in [2.75, 3.05) is 22.7 Å². The summed E-state index contributed by atoms with van der Waals surface area (Å²) in [4.78, 5) is 17.2. The highest BCUT2D eigenvalue weighted by atomic mass is 35.5. The first-order chi connectivity index (χ1) is 16.4. The molecule has 10 nitrogen and oxygen atoms in total. The summed E-state index contributed by atoms with van der Waals surface area (Å²) in [6, 6.07) is 6.58. The molecule has 3 aromatic rings. The van der Waals surface area contributed by atoms with Gasteiger partial charge < -0.3 is 9.32 Å². The number of hydrogen-bond donors (Lipinski definition) is 3. The molecule has 0 unspecified atom stereocenters. The summed E-state index contributed by atoms with van der Waals surface area (Å²) in [5.74, 6) is -0.920. The molecule has 0 aliphatic carbocycles. The van der Waals surface area contributed by atoms with E-state index in [9.17, 15) is 26.4 Å². The standard InChI is InChI=1S/C20H18ClF3N4O6S/c21-12-8-15(18(25-10-12)28-5-3-13(4-6-28)34-20(22,23)24)27-35(31,32)14-2-1-11-7-17(19(29)26-30)33-16(11)9-14/h1-2,7-10,13,27,30H,3-6H2,(H,26,29). The zero-order valence-corrected chi connectivity index (χ0v) is 19.2. The van der Waals surface area contributed by atoms with Crippen LogP contribution in [0, 0.1) is 0 Å². The minimum Gasteiger partial charge on any atom is -0.451 e. The lowest BCUT2D eigenvalue weighted by molar-refractivity contribution is -0.344. The molecule has 1 aliphatic rings. The smallest absolute Gasteiger partial charge is 0.451 e. The Kier molecular flexibility index (Phi) is 6.81. The molecule has 35 heavy (non-hydrogen) atoms. The Morgan fingerprint density at radius 3 is 2.60 bits per heavy atom. The van der Waals surface area contributed by atoms with E-state index in [1.165, 1.54) is 42.0 Å². The van der Waals surface area contributed by atoms with E-state index < -0.39 is 28.4 Å². The average Bonchev–Trinajstić information content (AvgIpc) is 3.22. The number of aromatic nitrogens is 1. The molecule has 0 atom stereocenters. The second-order valence-electron chi connectivity index (χ2n) is 7.63. The van der Waals surface area contributed by atoms with Crippen LogP contribution in [-0.2, 0) is 14.8 Å². The first-order valence-electron chi connectivity index (χ1n) is 10.1. The Hall–Kier alpha value is -3.07. The number of fused-ring (bicyclic) bond motifs is 1. The maximum atomic E-state index is 13.1. The van der Waals surface area contributed by atoms with Gasteiger partial charge in [-0.15, -0.1) is 13.2 Å². The molecule has 0 saturated carbocycles. The summed E-state index contributed by atoms with van der Waals surface area (Å²) in [6.07, 6.45) is -4.31. The highest BCUT2D eigenvalue weighted by Crippen LogP contribution is 2.33. The molecular weight excluding hydrogens is 517 g/mol. The number of alkyl halides is 3. The molecule has 2 aromatic heterocycles. The lowest BCUT2D eigenvalue weighted by atomic mass is 10.1. The summed E-state index contributed by atoms with van der Waals surface area (Å²) in [5.41, 5.74) is 1.55. The molecule has 1 saturated heterocycles. The Bertz CT molecular complexity index is 1360. The number of furan rings is 1. The molecule has 1 aliphatic heterocycles. The SMILES string of the molecule is O=C(NO)c1cc2ccc(S(=O)(=O)Nc3cc(Cl)cnc3N3CCC(OC(F)(F)F)CC3)cc2o1. The van der Waals surface area contributed by atoms with E-state index in [0.717, 1.165) is 0 Å².